The molecule has 0 aliphatic heterocycles. The Morgan fingerprint density at radius 1 is 1.45 bits per heavy atom. The van der Waals surface area contributed by atoms with Crippen LogP contribution in [0.1, 0.15) is 39.7 Å². The van der Waals surface area contributed by atoms with Gasteiger partial charge in [-0.15, -0.1) is 0 Å². The van der Waals surface area contributed by atoms with E-state index in [2.05, 4.69) is 32.2 Å². The van der Waals surface area contributed by atoms with Gasteiger partial charge in [0, 0.05) is 6.42 Å². The maximum atomic E-state index is 12.1. The van der Waals surface area contributed by atoms with E-state index in [0.29, 0.717) is 23.4 Å². The van der Waals surface area contributed by atoms with Gasteiger partial charge in [-0.05, 0) is 23.5 Å². The van der Waals surface area contributed by atoms with E-state index < -0.39 is 0 Å². The third-order valence-electron chi connectivity index (χ3n) is 3.60. The molecule has 0 spiro atoms. The standard InChI is InChI=1S/C16H22N2O2/c1-11(16(2,3)4)9-14(19)18-15-12(10-17)7-6-8-13(15)20-5/h6-8,11H,9H2,1-5H3,(H,18,19). The quantitative estimate of drug-likeness (QED) is 0.912. The van der Waals surface area contributed by atoms with E-state index in [1.807, 2.05) is 6.92 Å². The summed E-state index contributed by atoms with van der Waals surface area (Å²) in [6.45, 7) is 8.37. The van der Waals surface area contributed by atoms with Crippen molar-refractivity contribution in [2.75, 3.05) is 12.4 Å². The first-order valence-electron chi connectivity index (χ1n) is 6.66. The van der Waals surface area contributed by atoms with Crippen LogP contribution in [0.2, 0.25) is 0 Å². The largest absolute Gasteiger partial charge is 0.495 e. The van der Waals surface area contributed by atoms with Crippen molar-refractivity contribution in [3.63, 3.8) is 0 Å². The topological polar surface area (TPSA) is 62.1 Å². The first kappa shape index (κ1) is 16.0. The minimum absolute atomic E-state index is 0.0656. The molecule has 1 atom stereocenters. The molecule has 1 N–H and O–H groups in total. The van der Waals surface area contributed by atoms with Gasteiger partial charge in [-0.3, -0.25) is 4.79 Å². The molecule has 0 bridgehead atoms. The van der Waals surface area contributed by atoms with Crippen LogP contribution in [0.4, 0.5) is 5.69 Å². The summed E-state index contributed by atoms with van der Waals surface area (Å²) in [5, 5.41) is 11.9. The lowest BCUT2D eigenvalue weighted by Gasteiger charge is -2.26. The Bertz CT molecular complexity index is 524. The average molecular weight is 274 g/mol. The summed E-state index contributed by atoms with van der Waals surface area (Å²) < 4.78 is 5.20. The summed E-state index contributed by atoms with van der Waals surface area (Å²) in [5.74, 6) is 0.636. The van der Waals surface area contributed by atoms with Crippen LogP contribution in [0, 0.1) is 22.7 Å². The highest BCUT2D eigenvalue weighted by Gasteiger charge is 2.23. The van der Waals surface area contributed by atoms with Crippen molar-refractivity contribution in [2.45, 2.75) is 34.1 Å². The smallest absolute Gasteiger partial charge is 0.224 e. The van der Waals surface area contributed by atoms with Crippen molar-refractivity contribution in [1.82, 2.24) is 0 Å². The van der Waals surface area contributed by atoms with Crippen LogP contribution >= 0.6 is 0 Å². The van der Waals surface area contributed by atoms with Gasteiger partial charge in [0.1, 0.15) is 17.5 Å². The Hall–Kier alpha value is -2.02. The number of nitrogens with zero attached hydrogens (tertiary/aromatic N) is 1. The molecule has 0 aliphatic rings. The number of ether oxygens (including phenoxy) is 1. The first-order chi connectivity index (χ1) is 9.29. The van der Waals surface area contributed by atoms with E-state index in [1.54, 1.807) is 18.2 Å². The number of methoxy groups -OCH3 is 1. The zero-order valence-electron chi connectivity index (χ0n) is 12.8. The van der Waals surface area contributed by atoms with Gasteiger partial charge in [0.25, 0.3) is 0 Å². The Kier molecular flexibility index (Phi) is 5.15. The number of nitrogens with one attached hydrogen (secondary N) is 1. The van der Waals surface area contributed by atoms with Gasteiger partial charge in [0.05, 0.1) is 12.7 Å². The van der Waals surface area contributed by atoms with Gasteiger partial charge >= 0.3 is 0 Å². The van der Waals surface area contributed by atoms with Gasteiger partial charge in [0.2, 0.25) is 5.91 Å². The zero-order valence-corrected chi connectivity index (χ0v) is 12.8. The molecule has 1 unspecified atom stereocenters. The van der Waals surface area contributed by atoms with Gasteiger partial charge in [-0.2, -0.15) is 5.26 Å². The molecular weight excluding hydrogens is 252 g/mol. The van der Waals surface area contributed by atoms with E-state index >= 15 is 0 Å². The van der Waals surface area contributed by atoms with Gasteiger partial charge < -0.3 is 10.1 Å². The van der Waals surface area contributed by atoms with Crippen LogP contribution < -0.4 is 10.1 Å². The fraction of sp³-hybridized carbons (Fsp3) is 0.500. The zero-order chi connectivity index (χ0) is 15.3. The molecule has 0 fully saturated rings. The fourth-order valence-corrected chi connectivity index (χ4v) is 1.70. The second-order valence-corrected chi connectivity index (χ2v) is 6.01. The molecule has 4 heteroatoms. The molecule has 1 rings (SSSR count). The number of benzene rings is 1. The van der Waals surface area contributed by atoms with Crippen molar-refractivity contribution in [2.24, 2.45) is 11.3 Å². The summed E-state index contributed by atoms with van der Waals surface area (Å²) in [6, 6.07) is 7.18. The SMILES string of the molecule is COc1cccc(C#N)c1NC(=O)CC(C)C(C)(C)C. The summed E-state index contributed by atoms with van der Waals surface area (Å²) in [7, 11) is 1.52. The number of hydrogen-bond donors (Lipinski definition) is 1. The molecule has 20 heavy (non-hydrogen) atoms. The summed E-state index contributed by atoms with van der Waals surface area (Å²) in [6.07, 6.45) is 0.409. The van der Waals surface area contributed by atoms with Gasteiger partial charge in [0.15, 0.2) is 0 Å². The van der Waals surface area contributed by atoms with Crippen molar-refractivity contribution in [1.29, 1.82) is 5.26 Å². The molecule has 0 aromatic heterocycles. The normalized spacial score (nSPS) is 12.4. The third-order valence-corrected chi connectivity index (χ3v) is 3.60. The van der Waals surface area contributed by atoms with Crippen LogP contribution in [0.3, 0.4) is 0 Å². The summed E-state index contributed by atoms with van der Waals surface area (Å²) in [4.78, 5) is 12.1. The highest BCUT2D eigenvalue weighted by molar-refractivity contribution is 5.94. The maximum absolute atomic E-state index is 12.1. The third kappa shape index (κ3) is 3.99. The van der Waals surface area contributed by atoms with Crippen molar-refractivity contribution in [3.05, 3.63) is 23.8 Å². The van der Waals surface area contributed by atoms with E-state index in [4.69, 9.17) is 10.00 Å². The van der Waals surface area contributed by atoms with Gasteiger partial charge in [-0.1, -0.05) is 33.8 Å². The van der Waals surface area contributed by atoms with Crippen LogP contribution in [-0.2, 0) is 4.79 Å². The van der Waals surface area contributed by atoms with E-state index in [9.17, 15) is 4.79 Å². The molecule has 0 aliphatic carbocycles. The fourth-order valence-electron chi connectivity index (χ4n) is 1.70. The van der Waals surface area contributed by atoms with E-state index in [1.165, 1.54) is 7.11 Å². The average Bonchev–Trinajstić information content (AvgIpc) is 2.37. The Labute approximate surface area is 120 Å². The maximum Gasteiger partial charge on any atom is 0.224 e. The van der Waals surface area contributed by atoms with Crippen molar-refractivity contribution in [3.8, 4) is 11.8 Å². The number of para-hydroxylation sites is 1. The number of amides is 1. The number of rotatable bonds is 4. The highest BCUT2D eigenvalue weighted by atomic mass is 16.5. The second-order valence-electron chi connectivity index (χ2n) is 6.01. The minimum Gasteiger partial charge on any atom is -0.495 e. The molecule has 1 amide bonds. The van der Waals surface area contributed by atoms with Crippen LogP contribution in [0.5, 0.6) is 5.75 Å². The lowest BCUT2D eigenvalue weighted by molar-refractivity contribution is -0.117. The Morgan fingerprint density at radius 3 is 2.60 bits per heavy atom. The number of hydrogen-bond acceptors (Lipinski definition) is 3. The molecule has 0 saturated carbocycles. The predicted molar refractivity (Wildman–Crippen MR) is 79.6 cm³/mol. The molecule has 0 radical (unpaired) electrons. The number of nitriles is 1. The van der Waals surface area contributed by atoms with Crippen molar-refractivity contribution >= 4 is 11.6 Å². The van der Waals surface area contributed by atoms with Crippen molar-refractivity contribution < 1.29 is 9.53 Å². The monoisotopic (exact) mass is 274 g/mol. The lowest BCUT2D eigenvalue weighted by atomic mass is 9.80. The van der Waals surface area contributed by atoms with Crippen LogP contribution in [-0.4, -0.2) is 13.0 Å². The molecule has 4 nitrogen and oxygen atoms in total. The molecule has 108 valence electrons. The predicted octanol–water partition coefficient (Wildman–Crippen LogP) is 3.58. The van der Waals surface area contributed by atoms with Gasteiger partial charge in [-0.25, -0.2) is 0 Å². The van der Waals surface area contributed by atoms with Crippen LogP contribution in [0.15, 0.2) is 18.2 Å². The van der Waals surface area contributed by atoms with E-state index in [0.717, 1.165) is 0 Å². The lowest BCUT2D eigenvalue weighted by Crippen LogP contribution is -2.24. The number of anilines is 1. The Morgan fingerprint density at radius 2 is 2.10 bits per heavy atom. The summed E-state index contributed by atoms with van der Waals surface area (Å²) in [5.41, 5.74) is 0.917. The number of carbonyl (C=O) groups is 1. The van der Waals surface area contributed by atoms with Crippen LogP contribution in [0.25, 0.3) is 0 Å². The number of carbonyl (C=O) groups excluding carboxylic acids is 1. The molecule has 1 aromatic carbocycles. The Balaban J connectivity index is 2.89. The summed E-state index contributed by atoms with van der Waals surface area (Å²) >= 11 is 0. The van der Waals surface area contributed by atoms with E-state index in [-0.39, 0.29) is 17.2 Å². The highest BCUT2D eigenvalue weighted by Crippen LogP contribution is 2.31. The first-order valence-corrected chi connectivity index (χ1v) is 6.66. The minimum atomic E-state index is -0.103. The molecular formula is C16H22N2O2. The molecule has 1 aromatic rings. The second kappa shape index (κ2) is 6.42. The molecule has 0 saturated heterocycles. The molecule has 0 heterocycles.